The first kappa shape index (κ1) is 29.1. The summed E-state index contributed by atoms with van der Waals surface area (Å²) in [7, 11) is -1.02. The molecule has 1 fully saturated rings. The SMILES string of the molecule is COc1ccc(S(=O)(=O)N2CCCC(C(=O)N[C@@H](Cc3ccc(-c4ccc(C)cc4)cc3)C(=O)O)C2)cc1OC. The number of aliphatic carboxylic acids is 1. The number of aryl methyl sites for hydroxylation is 1. The maximum Gasteiger partial charge on any atom is 0.326 e. The molecule has 9 nitrogen and oxygen atoms in total. The Bertz CT molecular complexity index is 1450. The zero-order chi connectivity index (χ0) is 28.9. The zero-order valence-electron chi connectivity index (χ0n) is 22.8. The van der Waals surface area contributed by atoms with Gasteiger partial charge in [0.25, 0.3) is 0 Å². The Hall–Kier alpha value is -3.89. The van der Waals surface area contributed by atoms with Crippen LogP contribution in [0.15, 0.2) is 71.6 Å². The summed E-state index contributed by atoms with van der Waals surface area (Å²) in [6.45, 7) is 2.24. The van der Waals surface area contributed by atoms with E-state index in [4.69, 9.17) is 9.47 Å². The number of sulfonamides is 1. The number of carboxylic acids is 1. The number of piperidine rings is 1. The van der Waals surface area contributed by atoms with Gasteiger partial charge in [-0.3, -0.25) is 4.79 Å². The van der Waals surface area contributed by atoms with Crippen molar-refractivity contribution in [1.82, 2.24) is 9.62 Å². The lowest BCUT2D eigenvalue weighted by Gasteiger charge is -2.32. The van der Waals surface area contributed by atoms with Crippen LogP contribution in [0.1, 0.15) is 24.0 Å². The van der Waals surface area contributed by atoms with Gasteiger partial charge < -0.3 is 19.9 Å². The van der Waals surface area contributed by atoms with E-state index in [-0.39, 0.29) is 30.2 Å². The first-order chi connectivity index (χ1) is 19.1. The van der Waals surface area contributed by atoms with Crippen molar-refractivity contribution in [2.45, 2.75) is 37.1 Å². The molecule has 1 saturated heterocycles. The van der Waals surface area contributed by atoms with E-state index in [2.05, 4.69) is 5.32 Å². The third-order valence-corrected chi connectivity index (χ3v) is 9.00. The summed E-state index contributed by atoms with van der Waals surface area (Å²) in [6, 6.07) is 18.9. The van der Waals surface area contributed by atoms with Crippen molar-refractivity contribution in [2.24, 2.45) is 5.92 Å². The Morgan fingerprint density at radius 1 is 0.975 bits per heavy atom. The van der Waals surface area contributed by atoms with Crippen LogP contribution in [-0.4, -0.2) is 63.1 Å². The molecule has 1 amide bonds. The van der Waals surface area contributed by atoms with Gasteiger partial charge in [0, 0.05) is 25.6 Å². The van der Waals surface area contributed by atoms with Gasteiger partial charge in [0.1, 0.15) is 6.04 Å². The number of amides is 1. The molecule has 0 spiro atoms. The fourth-order valence-electron chi connectivity index (χ4n) is 4.81. The maximum absolute atomic E-state index is 13.3. The van der Waals surface area contributed by atoms with Crippen LogP contribution in [0, 0.1) is 12.8 Å². The monoisotopic (exact) mass is 566 g/mol. The molecule has 1 unspecified atom stereocenters. The van der Waals surface area contributed by atoms with Crippen LogP contribution >= 0.6 is 0 Å². The molecule has 0 bridgehead atoms. The quantitative estimate of drug-likeness (QED) is 0.382. The van der Waals surface area contributed by atoms with Crippen LogP contribution in [0.4, 0.5) is 0 Å². The molecular formula is C30H34N2O7S. The van der Waals surface area contributed by atoms with Crippen molar-refractivity contribution in [1.29, 1.82) is 0 Å². The number of carboxylic acid groups (broad SMARTS) is 1. The van der Waals surface area contributed by atoms with Gasteiger partial charge in [-0.2, -0.15) is 4.31 Å². The van der Waals surface area contributed by atoms with Gasteiger partial charge in [-0.25, -0.2) is 13.2 Å². The summed E-state index contributed by atoms with van der Waals surface area (Å²) in [6.07, 6.45) is 1.04. The van der Waals surface area contributed by atoms with Gasteiger partial charge in [0.2, 0.25) is 15.9 Å². The van der Waals surface area contributed by atoms with Crippen LogP contribution in [0.3, 0.4) is 0 Å². The van der Waals surface area contributed by atoms with Crippen LogP contribution < -0.4 is 14.8 Å². The molecule has 40 heavy (non-hydrogen) atoms. The standard InChI is InChI=1S/C30H34N2O7S/c1-20-6-10-22(11-7-20)23-12-8-21(9-13-23)17-26(30(34)35)31-29(33)24-5-4-16-32(19-24)40(36,37)25-14-15-27(38-2)28(18-25)39-3/h6-15,18,24,26H,4-5,16-17,19H2,1-3H3,(H,31,33)(H,34,35)/t24?,26-/m0/s1. The minimum Gasteiger partial charge on any atom is -0.493 e. The molecule has 0 aromatic heterocycles. The highest BCUT2D eigenvalue weighted by atomic mass is 32.2. The van der Waals surface area contributed by atoms with Crippen molar-refractivity contribution in [2.75, 3.05) is 27.3 Å². The molecule has 1 heterocycles. The van der Waals surface area contributed by atoms with Crippen molar-refractivity contribution < 1.29 is 32.6 Å². The zero-order valence-corrected chi connectivity index (χ0v) is 23.6. The summed E-state index contributed by atoms with van der Waals surface area (Å²) in [5, 5.41) is 12.5. The first-order valence-electron chi connectivity index (χ1n) is 13.0. The number of benzene rings is 3. The summed E-state index contributed by atoms with van der Waals surface area (Å²) in [5.41, 5.74) is 4.01. The van der Waals surface area contributed by atoms with Crippen molar-refractivity contribution in [3.05, 3.63) is 77.9 Å². The van der Waals surface area contributed by atoms with Crippen LogP contribution in [0.25, 0.3) is 11.1 Å². The van der Waals surface area contributed by atoms with Crippen LogP contribution in [0.2, 0.25) is 0 Å². The second-order valence-electron chi connectivity index (χ2n) is 9.89. The number of carbonyl (C=O) groups excluding carboxylic acids is 1. The minimum absolute atomic E-state index is 0.0312. The molecule has 1 aliphatic rings. The van der Waals surface area contributed by atoms with Crippen LogP contribution in [-0.2, 0) is 26.0 Å². The van der Waals surface area contributed by atoms with Gasteiger partial charge in [0.05, 0.1) is 25.0 Å². The number of hydrogen-bond acceptors (Lipinski definition) is 6. The predicted octanol–water partition coefficient (Wildman–Crippen LogP) is 3.89. The lowest BCUT2D eigenvalue weighted by atomic mass is 9.97. The number of methoxy groups -OCH3 is 2. The number of rotatable bonds is 10. The number of carbonyl (C=O) groups is 2. The summed E-state index contributed by atoms with van der Waals surface area (Å²) >= 11 is 0. The van der Waals surface area contributed by atoms with E-state index in [0.717, 1.165) is 16.7 Å². The normalized spacial score (nSPS) is 16.6. The lowest BCUT2D eigenvalue weighted by molar-refractivity contribution is -0.142. The van der Waals surface area contributed by atoms with Gasteiger partial charge in [-0.15, -0.1) is 0 Å². The third kappa shape index (κ3) is 6.63. The Morgan fingerprint density at radius 2 is 1.60 bits per heavy atom. The van der Waals surface area contributed by atoms with Crippen molar-refractivity contribution in [3.8, 4) is 22.6 Å². The topological polar surface area (TPSA) is 122 Å². The molecule has 0 saturated carbocycles. The van der Waals surface area contributed by atoms with E-state index in [1.807, 2.05) is 55.5 Å². The van der Waals surface area contributed by atoms with E-state index in [0.29, 0.717) is 18.6 Å². The van der Waals surface area contributed by atoms with Crippen molar-refractivity contribution in [3.63, 3.8) is 0 Å². The molecule has 1 aliphatic heterocycles. The number of nitrogens with zero attached hydrogens (tertiary/aromatic N) is 1. The molecular weight excluding hydrogens is 532 g/mol. The molecule has 0 aliphatic carbocycles. The van der Waals surface area contributed by atoms with E-state index in [1.54, 1.807) is 0 Å². The smallest absolute Gasteiger partial charge is 0.326 e. The summed E-state index contributed by atoms with van der Waals surface area (Å²) in [5.74, 6) is -1.61. The molecule has 2 N–H and O–H groups in total. The number of nitrogens with one attached hydrogen (secondary N) is 1. The van der Waals surface area contributed by atoms with E-state index in [9.17, 15) is 23.1 Å². The average molecular weight is 567 g/mol. The number of hydrogen-bond donors (Lipinski definition) is 2. The fourth-order valence-corrected chi connectivity index (χ4v) is 6.35. The van der Waals surface area contributed by atoms with Gasteiger partial charge in [0.15, 0.2) is 11.5 Å². The van der Waals surface area contributed by atoms with E-state index in [1.165, 1.54) is 42.3 Å². The van der Waals surface area contributed by atoms with Gasteiger partial charge in [-0.05, 0) is 48.6 Å². The first-order valence-corrected chi connectivity index (χ1v) is 14.5. The lowest BCUT2D eigenvalue weighted by Crippen LogP contribution is -2.50. The largest absolute Gasteiger partial charge is 0.493 e. The Balaban J connectivity index is 1.42. The molecule has 10 heteroatoms. The summed E-state index contributed by atoms with van der Waals surface area (Å²) < 4.78 is 38.4. The average Bonchev–Trinajstić information content (AvgIpc) is 2.97. The number of ether oxygens (including phenoxy) is 2. The highest BCUT2D eigenvalue weighted by Crippen LogP contribution is 2.32. The third-order valence-electron chi connectivity index (χ3n) is 7.14. The molecule has 212 valence electrons. The fraction of sp³-hybridized carbons (Fsp3) is 0.333. The second kappa shape index (κ2) is 12.5. The van der Waals surface area contributed by atoms with Crippen molar-refractivity contribution >= 4 is 21.9 Å². The highest BCUT2D eigenvalue weighted by Gasteiger charge is 2.35. The Labute approximate surface area is 234 Å². The molecule has 3 aromatic carbocycles. The maximum atomic E-state index is 13.3. The molecule has 2 atom stereocenters. The van der Waals surface area contributed by atoms with Gasteiger partial charge >= 0.3 is 5.97 Å². The predicted molar refractivity (Wildman–Crippen MR) is 151 cm³/mol. The highest BCUT2D eigenvalue weighted by molar-refractivity contribution is 7.89. The Kier molecular flexibility index (Phi) is 9.11. The molecule has 0 radical (unpaired) electrons. The van der Waals surface area contributed by atoms with E-state index < -0.39 is 33.9 Å². The van der Waals surface area contributed by atoms with E-state index >= 15 is 0 Å². The minimum atomic E-state index is -3.91. The second-order valence-corrected chi connectivity index (χ2v) is 11.8. The molecule has 3 aromatic rings. The van der Waals surface area contributed by atoms with Gasteiger partial charge in [-0.1, -0.05) is 54.1 Å². The molecule has 4 rings (SSSR count). The summed E-state index contributed by atoms with van der Waals surface area (Å²) in [4.78, 5) is 25.2. The van der Waals surface area contributed by atoms with Crippen LogP contribution in [0.5, 0.6) is 11.5 Å². The Morgan fingerprint density at radius 3 is 2.20 bits per heavy atom.